The Morgan fingerprint density at radius 3 is 2.24 bits per heavy atom. The third-order valence-electron chi connectivity index (χ3n) is 4.58. The maximum atomic E-state index is 12.3. The second-order valence-corrected chi connectivity index (χ2v) is 7.12. The molecule has 0 unspecified atom stereocenters. The molecule has 3 nitrogen and oxygen atoms in total. The van der Waals surface area contributed by atoms with Gasteiger partial charge in [-0.25, -0.2) is 0 Å². The normalized spacial score (nSPS) is 13.4. The van der Waals surface area contributed by atoms with Gasteiger partial charge >= 0.3 is 0 Å². The summed E-state index contributed by atoms with van der Waals surface area (Å²) in [5.41, 5.74) is 8.65. The predicted octanol–water partition coefficient (Wildman–Crippen LogP) is 3.92. The minimum atomic E-state index is -0.548. The maximum Gasteiger partial charge on any atom is 0.162 e. The van der Waals surface area contributed by atoms with E-state index in [2.05, 4.69) is 24.3 Å². The van der Waals surface area contributed by atoms with Crippen molar-refractivity contribution < 1.29 is 9.90 Å². The van der Waals surface area contributed by atoms with Gasteiger partial charge in [0.2, 0.25) is 0 Å². The van der Waals surface area contributed by atoms with Crippen molar-refractivity contribution in [2.75, 3.05) is 6.61 Å². The van der Waals surface area contributed by atoms with Gasteiger partial charge in [-0.1, -0.05) is 54.6 Å². The third kappa shape index (κ3) is 6.81. The number of unbranched alkanes of at least 4 members (excludes halogenated alkanes) is 1. The lowest BCUT2D eigenvalue weighted by molar-refractivity contribution is 0.0979. The summed E-state index contributed by atoms with van der Waals surface area (Å²) >= 11 is 0. The molecule has 0 amide bonds. The van der Waals surface area contributed by atoms with Gasteiger partial charge in [0.1, 0.15) is 0 Å². The van der Waals surface area contributed by atoms with E-state index in [1.165, 1.54) is 5.56 Å². The lowest BCUT2D eigenvalue weighted by atomic mass is 9.94. The zero-order valence-corrected chi connectivity index (χ0v) is 15.1. The molecule has 0 spiro atoms. The number of hydrogen-bond acceptors (Lipinski definition) is 3. The molecule has 0 fully saturated rings. The molecule has 0 aliphatic carbocycles. The molecule has 0 bridgehead atoms. The van der Waals surface area contributed by atoms with Crippen LogP contribution in [-0.4, -0.2) is 23.0 Å². The topological polar surface area (TPSA) is 63.3 Å². The van der Waals surface area contributed by atoms with Crippen molar-refractivity contribution in [3.63, 3.8) is 0 Å². The molecular weight excluding hydrogens is 310 g/mol. The lowest BCUT2D eigenvalue weighted by Crippen LogP contribution is -2.40. The predicted molar refractivity (Wildman–Crippen MR) is 103 cm³/mol. The number of hydrogen-bond donors (Lipinski definition) is 2. The molecule has 2 rings (SSSR count). The number of nitrogens with two attached hydrogens (primary N) is 1. The summed E-state index contributed by atoms with van der Waals surface area (Å²) in [5, 5.41) is 9.19. The SMILES string of the molecule is C[C@](N)(CO)CCc1ccc(C(=O)CCCCc2ccccc2)cc1. The van der Waals surface area contributed by atoms with Gasteiger partial charge < -0.3 is 10.8 Å². The zero-order chi connectivity index (χ0) is 18.1. The van der Waals surface area contributed by atoms with Crippen molar-refractivity contribution in [2.45, 2.75) is 51.0 Å². The van der Waals surface area contributed by atoms with Crippen molar-refractivity contribution in [3.05, 3.63) is 71.3 Å². The van der Waals surface area contributed by atoms with Gasteiger partial charge in [0.05, 0.1) is 6.61 Å². The second kappa shape index (κ2) is 9.50. The Morgan fingerprint density at radius 2 is 1.60 bits per heavy atom. The fraction of sp³-hybridized carbons (Fsp3) is 0.409. The number of Topliss-reactive ketones (excluding diaryl/α,β-unsaturated/α-hetero) is 1. The highest BCUT2D eigenvalue weighted by Crippen LogP contribution is 2.14. The van der Waals surface area contributed by atoms with Gasteiger partial charge in [-0.05, 0) is 50.2 Å². The molecule has 0 saturated carbocycles. The number of benzene rings is 2. The van der Waals surface area contributed by atoms with Gasteiger partial charge in [0.15, 0.2) is 5.78 Å². The van der Waals surface area contributed by atoms with Crippen LogP contribution < -0.4 is 5.73 Å². The number of carbonyl (C=O) groups excluding carboxylic acids is 1. The first-order valence-corrected chi connectivity index (χ1v) is 9.06. The van der Waals surface area contributed by atoms with E-state index in [9.17, 15) is 9.90 Å². The van der Waals surface area contributed by atoms with E-state index in [1.807, 2.05) is 37.3 Å². The average molecular weight is 339 g/mol. The molecule has 3 N–H and O–H groups in total. The highest BCUT2D eigenvalue weighted by atomic mass is 16.3. The summed E-state index contributed by atoms with van der Waals surface area (Å²) in [6, 6.07) is 18.2. The van der Waals surface area contributed by atoms with Crippen molar-refractivity contribution in [3.8, 4) is 0 Å². The Balaban J connectivity index is 1.74. The molecule has 1 atom stereocenters. The standard InChI is InChI=1S/C22H29NO2/c1-22(23,17-24)16-15-19-11-13-20(14-12-19)21(25)10-6-5-9-18-7-3-2-4-8-18/h2-4,7-8,11-14,24H,5-6,9-10,15-17,23H2,1H3/t22-/m1/s1. The van der Waals surface area contributed by atoms with Gasteiger partial charge in [0, 0.05) is 17.5 Å². The van der Waals surface area contributed by atoms with E-state index in [0.29, 0.717) is 6.42 Å². The molecule has 3 heteroatoms. The van der Waals surface area contributed by atoms with E-state index in [4.69, 9.17) is 5.73 Å². The summed E-state index contributed by atoms with van der Waals surface area (Å²) in [6.07, 6.45) is 5.09. The van der Waals surface area contributed by atoms with Crippen molar-refractivity contribution in [2.24, 2.45) is 5.73 Å². The molecule has 2 aromatic rings. The molecule has 134 valence electrons. The van der Waals surface area contributed by atoms with Crippen molar-refractivity contribution >= 4 is 5.78 Å². The van der Waals surface area contributed by atoms with Crippen LogP contribution in [0.15, 0.2) is 54.6 Å². The van der Waals surface area contributed by atoms with Crippen LogP contribution in [0.5, 0.6) is 0 Å². The molecule has 0 saturated heterocycles. The number of rotatable bonds is 10. The number of aryl methyl sites for hydroxylation is 2. The quantitative estimate of drug-likeness (QED) is 0.509. The summed E-state index contributed by atoms with van der Waals surface area (Å²) in [5.74, 6) is 0.207. The van der Waals surface area contributed by atoms with Crippen LogP contribution in [0.2, 0.25) is 0 Å². The first kappa shape index (κ1) is 19.4. The smallest absolute Gasteiger partial charge is 0.162 e. The van der Waals surface area contributed by atoms with Crippen molar-refractivity contribution in [1.82, 2.24) is 0 Å². The number of carbonyl (C=O) groups is 1. The number of aliphatic hydroxyl groups excluding tert-OH is 1. The Morgan fingerprint density at radius 1 is 0.960 bits per heavy atom. The van der Waals surface area contributed by atoms with Crippen LogP contribution in [0.25, 0.3) is 0 Å². The summed E-state index contributed by atoms with van der Waals surface area (Å²) in [6.45, 7) is 1.83. The van der Waals surface area contributed by atoms with E-state index in [-0.39, 0.29) is 12.4 Å². The minimum Gasteiger partial charge on any atom is -0.394 e. The molecule has 0 aromatic heterocycles. The Labute approximate surface area is 150 Å². The third-order valence-corrected chi connectivity index (χ3v) is 4.58. The highest BCUT2D eigenvalue weighted by Gasteiger charge is 2.16. The minimum absolute atomic E-state index is 0.0213. The Hall–Kier alpha value is -1.97. The Kier molecular flexibility index (Phi) is 7.35. The van der Waals surface area contributed by atoms with Crippen LogP contribution >= 0.6 is 0 Å². The summed E-state index contributed by atoms with van der Waals surface area (Å²) in [7, 11) is 0. The van der Waals surface area contributed by atoms with Crippen LogP contribution in [0.3, 0.4) is 0 Å². The fourth-order valence-electron chi connectivity index (χ4n) is 2.77. The van der Waals surface area contributed by atoms with Crippen LogP contribution in [-0.2, 0) is 12.8 Å². The van der Waals surface area contributed by atoms with Crippen LogP contribution in [0.4, 0.5) is 0 Å². The van der Waals surface area contributed by atoms with E-state index >= 15 is 0 Å². The average Bonchev–Trinajstić information content (AvgIpc) is 2.65. The zero-order valence-electron chi connectivity index (χ0n) is 15.1. The first-order chi connectivity index (χ1) is 12.0. The molecule has 0 heterocycles. The fourth-order valence-corrected chi connectivity index (χ4v) is 2.77. The summed E-state index contributed by atoms with van der Waals surface area (Å²) < 4.78 is 0. The van der Waals surface area contributed by atoms with Crippen LogP contribution in [0.1, 0.15) is 54.1 Å². The summed E-state index contributed by atoms with van der Waals surface area (Å²) in [4.78, 5) is 12.3. The molecular formula is C22H29NO2. The molecule has 2 aromatic carbocycles. The van der Waals surface area contributed by atoms with E-state index < -0.39 is 5.54 Å². The Bertz CT molecular complexity index is 647. The van der Waals surface area contributed by atoms with Crippen molar-refractivity contribution in [1.29, 1.82) is 0 Å². The van der Waals surface area contributed by atoms with E-state index in [1.54, 1.807) is 0 Å². The van der Waals surface area contributed by atoms with Crippen LogP contribution in [0, 0.1) is 0 Å². The van der Waals surface area contributed by atoms with Gasteiger partial charge in [0.25, 0.3) is 0 Å². The van der Waals surface area contributed by atoms with E-state index in [0.717, 1.165) is 43.2 Å². The molecule has 0 radical (unpaired) electrons. The second-order valence-electron chi connectivity index (χ2n) is 7.12. The van der Waals surface area contributed by atoms with Gasteiger partial charge in [-0.2, -0.15) is 0 Å². The van der Waals surface area contributed by atoms with Gasteiger partial charge in [-0.3, -0.25) is 4.79 Å². The number of aliphatic hydroxyl groups is 1. The lowest BCUT2D eigenvalue weighted by Gasteiger charge is -2.21. The molecule has 25 heavy (non-hydrogen) atoms. The first-order valence-electron chi connectivity index (χ1n) is 9.06. The largest absolute Gasteiger partial charge is 0.394 e. The highest BCUT2D eigenvalue weighted by molar-refractivity contribution is 5.96. The molecule has 0 aliphatic rings. The monoisotopic (exact) mass is 339 g/mol. The maximum absolute atomic E-state index is 12.3. The molecule has 0 aliphatic heterocycles. The van der Waals surface area contributed by atoms with Gasteiger partial charge in [-0.15, -0.1) is 0 Å². The number of ketones is 1.